The molecule has 0 aliphatic carbocycles. The Hall–Kier alpha value is -1.59. The average molecular weight is 281 g/mol. The van der Waals surface area contributed by atoms with Crippen LogP contribution in [0, 0.1) is 0 Å². The van der Waals surface area contributed by atoms with E-state index in [1.807, 2.05) is 6.07 Å². The Morgan fingerprint density at radius 1 is 1.25 bits per heavy atom. The molecule has 0 spiro atoms. The SMILES string of the molecule is CCCOCCNCc1ccc(C(=O)OC)cc1OC. The van der Waals surface area contributed by atoms with Gasteiger partial charge >= 0.3 is 5.97 Å². The van der Waals surface area contributed by atoms with Crippen molar-refractivity contribution in [3.05, 3.63) is 29.3 Å². The van der Waals surface area contributed by atoms with Gasteiger partial charge in [0.1, 0.15) is 5.75 Å². The van der Waals surface area contributed by atoms with E-state index in [-0.39, 0.29) is 5.97 Å². The molecule has 0 aliphatic heterocycles. The fourth-order valence-electron chi connectivity index (χ4n) is 1.75. The molecule has 112 valence electrons. The van der Waals surface area contributed by atoms with Crippen LogP contribution >= 0.6 is 0 Å². The van der Waals surface area contributed by atoms with Crippen LogP contribution in [0.1, 0.15) is 29.3 Å². The molecule has 5 nitrogen and oxygen atoms in total. The maximum Gasteiger partial charge on any atom is 0.337 e. The van der Waals surface area contributed by atoms with E-state index >= 15 is 0 Å². The number of methoxy groups -OCH3 is 2. The maximum atomic E-state index is 11.4. The van der Waals surface area contributed by atoms with Crippen LogP contribution in [0.3, 0.4) is 0 Å². The molecule has 1 rings (SSSR count). The van der Waals surface area contributed by atoms with Crippen LogP contribution in [-0.4, -0.2) is 39.9 Å². The Morgan fingerprint density at radius 3 is 2.70 bits per heavy atom. The second-order valence-corrected chi connectivity index (χ2v) is 4.31. The number of esters is 1. The van der Waals surface area contributed by atoms with Crippen LogP contribution in [0.5, 0.6) is 5.75 Å². The van der Waals surface area contributed by atoms with Gasteiger partial charge < -0.3 is 19.5 Å². The molecule has 1 aromatic carbocycles. The Labute approximate surface area is 120 Å². The summed E-state index contributed by atoms with van der Waals surface area (Å²) in [6.07, 6.45) is 1.03. The summed E-state index contributed by atoms with van der Waals surface area (Å²) < 4.78 is 15.4. The number of nitrogens with one attached hydrogen (secondary N) is 1. The number of hydrogen-bond donors (Lipinski definition) is 1. The van der Waals surface area contributed by atoms with Crippen molar-refractivity contribution >= 4 is 5.97 Å². The van der Waals surface area contributed by atoms with Crippen LogP contribution in [0.2, 0.25) is 0 Å². The molecule has 0 fully saturated rings. The van der Waals surface area contributed by atoms with Gasteiger partial charge in [-0.1, -0.05) is 13.0 Å². The van der Waals surface area contributed by atoms with E-state index in [2.05, 4.69) is 17.0 Å². The lowest BCUT2D eigenvalue weighted by Crippen LogP contribution is -2.20. The summed E-state index contributed by atoms with van der Waals surface area (Å²) in [6, 6.07) is 5.29. The quantitative estimate of drug-likeness (QED) is 0.554. The van der Waals surface area contributed by atoms with E-state index in [9.17, 15) is 4.79 Å². The molecule has 5 heteroatoms. The smallest absolute Gasteiger partial charge is 0.337 e. The number of ether oxygens (including phenoxy) is 3. The van der Waals surface area contributed by atoms with Gasteiger partial charge in [0.15, 0.2) is 0 Å². The zero-order valence-corrected chi connectivity index (χ0v) is 12.4. The van der Waals surface area contributed by atoms with Gasteiger partial charge in [0.05, 0.1) is 26.4 Å². The van der Waals surface area contributed by atoms with Crippen molar-refractivity contribution in [2.45, 2.75) is 19.9 Å². The molecule has 0 amide bonds. The number of carbonyl (C=O) groups is 1. The molecule has 0 unspecified atom stereocenters. The van der Waals surface area contributed by atoms with Gasteiger partial charge in [0, 0.05) is 25.3 Å². The Balaban J connectivity index is 2.51. The minimum atomic E-state index is -0.365. The highest BCUT2D eigenvalue weighted by atomic mass is 16.5. The highest BCUT2D eigenvalue weighted by Crippen LogP contribution is 2.20. The van der Waals surface area contributed by atoms with Crippen molar-refractivity contribution < 1.29 is 19.0 Å². The van der Waals surface area contributed by atoms with Gasteiger partial charge in [0.25, 0.3) is 0 Å². The van der Waals surface area contributed by atoms with E-state index in [4.69, 9.17) is 9.47 Å². The lowest BCUT2D eigenvalue weighted by Gasteiger charge is -2.11. The van der Waals surface area contributed by atoms with Crippen molar-refractivity contribution in [1.82, 2.24) is 5.32 Å². The summed E-state index contributed by atoms with van der Waals surface area (Å²) in [5, 5.41) is 3.28. The zero-order valence-electron chi connectivity index (χ0n) is 12.4. The number of rotatable bonds is 9. The first-order chi connectivity index (χ1) is 9.72. The molecule has 0 saturated carbocycles. The summed E-state index contributed by atoms with van der Waals surface area (Å²) in [5.41, 5.74) is 1.48. The lowest BCUT2D eigenvalue weighted by molar-refractivity contribution is 0.0600. The first-order valence-corrected chi connectivity index (χ1v) is 6.76. The van der Waals surface area contributed by atoms with E-state index in [1.165, 1.54) is 7.11 Å². The van der Waals surface area contributed by atoms with Crippen LogP contribution < -0.4 is 10.1 Å². The molecule has 0 bridgehead atoms. The van der Waals surface area contributed by atoms with E-state index in [0.717, 1.165) is 25.1 Å². The first-order valence-electron chi connectivity index (χ1n) is 6.76. The predicted molar refractivity (Wildman–Crippen MR) is 77.2 cm³/mol. The third kappa shape index (κ3) is 5.19. The summed E-state index contributed by atoms with van der Waals surface area (Å²) >= 11 is 0. The molecule has 0 saturated heterocycles. The fourth-order valence-corrected chi connectivity index (χ4v) is 1.75. The summed E-state index contributed by atoms with van der Waals surface area (Å²) in [6.45, 7) is 5.01. The maximum absolute atomic E-state index is 11.4. The molecule has 0 heterocycles. The largest absolute Gasteiger partial charge is 0.496 e. The predicted octanol–water partition coefficient (Wildman–Crippen LogP) is 2.00. The second kappa shape index (κ2) is 9.34. The standard InChI is InChI=1S/C15H23NO4/c1-4-8-20-9-7-16-11-13-6-5-12(15(17)19-3)10-14(13)18-2/h5-6,10,16H,4,7-9,11H2,1-3H3. The van der Waals surface area contributed by atoms with Crippen LogP contribution in [0.4, 0.5) is 0 Å². The Morgan fingerprint density at radius 2 is 2.05 bits per heavy atom. The van der Waals surface area contributed by atoms with Crippen molar-refractivity contribution in [3.8, 4) is 5.75 Å². The summed E-state index contributed by atoms with van der Waals surface area (Å²) in [5.74, 6) is 0.311. The van der Waals surface area contributed by atoms with Crippen LogP contribution in [0.15, 0.2) is 18.2 Å². The van der Waals surface area contributed by atoms with Crippen molar-refractivity contribution in [3.63, 3.8) is 0 Å². The minimum absolute atomic E-state index is 0.365. The molecule has 1 N–H and O–H groups in total. The van der Waals surface area contributed by atoms with Gasteiger partial charge in [-0.15, -0.1) is 0 Å². The second-order valence-electron chi connectivity index (χ2n) is 4.31. The molecule has 0 atom stereocenters. The van der Waals surface area contributed by atoms with E-state index in [0.29, 0.717) is 24.5 Å². The normalized spacial score (nSPS) is 10.3. The third-order valence-electron chi connectivity index (χ3n) is 2.80. The fraction of sp³-hybridized carbons (Fsp3) is 0.533. The topological polar surface area (TPSA) is 56.8 Å². The van der Waals surface area contributed by atoms with Gasteiger partial charge in [-0.3, -0.25) is 0 Å². The molecule has 0 radical (unpaired) electrons. The molecular weight excluding hydrogens is 258 g/mol. The molecule has 0 aliphatic rings. The first kappa shape index (κ1) is 16.5. The minimum Gasteiger partial charge on any atom is -0.496 e. The van der Waals surface area contributed by atoms with Crippen LogP contribution in [-0.2, 0) is 16.0 Å². The lowest BCUT2D eigenvalue weighted by atomic mass is 10.1. The summed E-state index contributed by atoms with van der Waals surface area (Å²) in [7, 11) is 2.95. The summed E-state index contributed by atoms with van der Waals surface area (Å²) in [4.78, 5) is 11.4. The highest BCUT2D eigenvalue weighted by molar-refractivity contribution is 5.89. The average Bonchev–Trinajstić information content (AvgIpc) is 2.50. The Kier molecular flexibility index (Phi) is 7.69. The number of hydrogen-bond acceptors (Lipinski definition) is 5. The monoisotopic (exact) mass is 281 g/mol. The highest BCUT2D eigenvalue weighted by Gasteiger charge is 2.09. The Bertz CT molecular complexity index is 420. The molecule has 1 aromatic rings. The molecular formula is C15H23NO4. The van der Waals surface area contributed by atoms with Gasteiger partial charge in [-0.05, 0) is 18.6 Å². The molecule has 0 aromatic heterocycles. The molecule has 20 heavy (non-hydrogen) atoms. The van der Waals surface area contributed by atoms with Crippen molar-refractivity contribution in [2.24, 2.45) is 0 Å². The third-order valence-corrected chi connectivity index (χ3v) is 2.80. The van der Waals surface area contributed by atoms with Crippen molar-refractivity contribution in [2.75, 3.05) is 34.0 Å². The van der Waals surface area contributed by atoms with Gasteiger partial charge in [-0.2, -0.15) is 0 Å². The van der Waals surface area contributed by atoms with Gasteiger partial charge in [-0.25, -0.2) is 4.79 Å². The van der Waals surface area contributed by atoms with Crippen molar-refractivity contribution in [1.29, 1.82) is 0 Å². The zero-order chi connectivity index (χ0) is 14.8. The van der Waals surface area contributed by atoms with E-state index < -0.39 is 0 Å². The number of benzene rings is 1. The van der Waals surface area contributed by atoms with E-state index in [1.54, 1.807) is 19.2 Å². The van der Waals surface area contributed by atoms with Gasteiger partial charge in [0.2, 0.25) is 0 Å². The number of carbonyl (C=O) groups excluding carboxylic acids is 1. The van der Waals surface area contributed by atoms with Crippen LogP contribution in [0.25, 0.3) is 0 Å².